The Morgan fingerprint density at radius 2 is 2.09 bits per heavy atom. The van der Waals surface area contributed by atoms with E-state index in [0.29, 0.717) is 26.2 Å². The largest absolute Gasteiger partial charge is 0.399 e. The van der Waals surface area contributed by atoms with Gasteiger partial charge in [-0.25, -0.2) is 13.8 Å². The molecule has 0 unspecified atom stereocenters. The fourth-order valence-electron chi connectivity index (χ4n) is 2.55. The number of aromatic nitrogens is 2. The van der Waals surface area contributed by atoms with Crippen LogP contribution in [0, 0.1) is 6.92 Å². The Morgan fingerprint density at radius 3 is 2.78 bits per heavy atom. The standard InChI is InChI=1S/C16H13BrClF2N3/c1-8-9(3-2-4-12(8)18)7-23-13-6-10(21)5-11(17)14(13)22-16(23)15(19)20/h2-6,15H,7,21H2,1H3. The highest BCUT2D eigenvalue weighted by Crippen LogP contribution is 2.32. The molecule has 0 saturated heterocycles. The van der Waals surface area contributed by atoms with Crippen molar-refractivity contribution in [1.29, 1.82) is 0 Å². The maximum atomic E-state index is 13.4. The second-order valence-corrected chi connectivity index (χ2v) is 6.51. The zero-order valence-corrected chi connectivity index (χ0v) is 14.5. The molecule has 0 fully saturated rings. The number of rotatable bonds is 3. The third-order valence-corrected chi connectivity index (χ3v) is 4.78. The van der Waals surface area contributed by atoms with Gasteiger partial charge in [-0.1, -0.05) is 23.7 Å². The lowest BCUT2D eigenvalue weighted by Crippen LogP contribution is -2.07. The van der Waals surface area contributed by atoms with Crippen molar-refractivity contribution < 1.29 is 8.78 Å². The first kappa shape index (κ1) is 16.2. The zero-order chi connectivity index (χ0) is 16.7. The van der Waals surface area contributed by atoms with Gasteiger partial charge < -0.3 is 10.3 Å². The summed E-state index contributed by atoms with van der Waals surface area (Å²) in [5.41, 5.74) is 9.07. The Morgan fingerprint density at radius 1 is 1.35 bits per heavy atom. The van der Waals surface area contributed by atoms with Crippen molar-refractivity contribution in [2.45, 2.75) is 19.9 Å². The lowest BCUT2D eigenvalue weighted by atomic mass is 10.1. The van der Waals surface area contributed by atoms with Gasteiger partial charge in [-0.05, 0) is 52.2 Å². The summed E-state index contributed by atoms with van der Waals surface area (Å²) in [6.07, 6.45) is -2.69. The van der Waals surface area contributed by atoms with Crippen LogP contribution in [-0.4, -0.2) is 9.55 Å². The van der Waals surface area contributed by atoms with Gasteiger partial charge in [-0.2, -0.15) is 0 Å². The monoisotopic (exact) mass is 399 g/mol. The van der Waals surface area contributed by atoms with Gasteiger partial charge >= 0.3 is 0 Å². The molecule has 2 aromatic carbocycles. The topological polar surface area (TPSA) is 43.8 Å². The third-order valence-electron chi connectivity index (χ3n) is 3.76. The summed E-state index contributed by atoms with van der Waals surface area (Å²) in [7, 11) is 0. The van der Waals surface area contributed by atoms with E-state index < -0.39 is 6.43 Å². The predicted octanol–water partition coefficient (Wildman–Crippen LogP) is 5.33. The van der Waals surface area contributed by atoms with E-state index >= 15 is 0 Å². The van der Waals surface area contributed by atoms with Gasteiger partial charge in [-0.3, -0.25) is 0 Å². The zero-order valence-electron chi connectivity index (χ0n) is 12.2. The molecular weight excluding hydrogens is 388 g/mol. The van der Waals surface area contributed by atoms with Gasteiger partial charge in [0.1, 0.15) is 5.52 Å². The summed E-state index contributed by atoms with van der Waals surface area (Å²) < 4.78 is 28.9. The molecule has 0 spiro atoms. The molecule has 3 aromatic rings. The molecule has 0 aliphatic rings. The van der Waals surface area contributed by atoms with Crippen LogP contribution in [0.25, 0.3) is 11.0 Å². The number of anilines is 1. The molecule has 0 radical (unpaired) electrons. The molecule has 0 aliphatic carbocycles. The van der Waals surface area contributed by atoms with E-state index in [4.69, 9.17) is 17.3 Å². The van der Waals surface area contributed by atoms with Crippen molar-refractivity contribution in [1.82, 2.24) is 9.55 Å². The molecule has 3 nitrogen and oxygen atoms in total. The van der Waals surface area contributed by atoms with Gasteiger partial charge in [0.25, 0.3) is 6.43 Å². The lowest BCUT2D eigenvalue weighted by Gasteiger charge is -2.12. The summed E-state index contributed by atoms with van der Waals surface area (Å²) in [6, 6.07) is 8.74. The van der Waals surface area contributed by atoms with E-state index in [1.807, 2.05) is 13.0 Å². The molecule has 120 valence electrons. The van der Waals surface area contributed by atoms with Gasteiger partial charge in [0.15, 0.2) is 5.82 Å². The summed E-state index contributed by atoms with van der Waals surface area (Å²) in [5, 5.41) is 0.603. The number of hydrogen-bond acceptors (Lipinski definition) is 2. The Kier molecular flexibility index (Phi) is 4.29. The third kappa shape index (κ3) is 2.93. The SMILES string of the molecule is Cc1c(Cl)cccc1Cn1c(C(F)F)nc2c(Br)cc(N)cc21. The summed E-state index contributed by atoms with van der Waals surface area (Å²) in [5.74, 6) is -0.286. The molecule has 7 heteroatoms. The minimum absolute atomic E-state index is 0.248. The normalized spacial score (nSPS) is 11.6. The maximum absolute atomic E-state index is 13.4. The molecule has 0 atom stereocenters. The fraction of sp³-hybridized carbons (Fsp3) is 0.188. The molecule has 0 saturated carbocycles. The van der Waals surface area contributed by atoms with E-state index in [-0.39, 0.29) is 12.4 Å². The smallest absolute Gasteiger partial charge is 0.295 e. The van der Waals surface area contributed by atoms with Crippen molar-refractivity contribution in [3.8, 4) is 0 Å². The van der Waals surface area contributed by atoms with E-state index in [0.717, 1.165) is 11.1 Å². The van der Waals surface area contributed by atoms with Crippen LogP contribution in [0.1, 0.15) is 23.4 Å². The Bertz CT molecular complexity index is 893. The molecule has 2 N–H and O–H groups in total. The minimum atomic E-state index is -2.69. The predicted molar refractivity (Wildman–Crippen MR) is 92.1 cm³/mol. The molecule has 1 aromatic heterocycles. The van der Waals surface area contributed by atoms with Crippen molar-refractivity contribution in [3.63, 3.8) is 0 Å². The first-order chi connectivity index (χ1) is 10.9. The van der Waals surface area contributed by atoms with Crippen LogP contribution in [0.2, 0.25) is 5.02 Å². The first-order valence-electron chi connectivity index (χ1n) is 6.85. The second-order valence-electron chi connectivity index (χ2n) is 5.25. The number of fused-ring (bicyclic) bond motifs is 1. The molecule has 0 bridgehead atoms. The van der Waals surface area contributed by atoms with Gasteiger partial charge in [0.05, 0.1) is 5.52 Å². The van der Waals surface area contributed by atoms with Gasteiger partial charge in [0, 0.05) is 21.7 Å². The number of hydrogen-bond donors (Lipinski definition) is 1. The van der Waals surface area contributed by atoms with E-state index in [1.54, 1.807) is 24.3 Å². The Labute approximate surface area is 145 Å². The minimum Gasteiger partial charge on any atom is -0.399 e. The van der Waals surface area contributed by atoms with Crippen LogP contribution in [0.15, 0.2) is 34.8 Å². The van der Waals surface area contributed by atoms with Crippen LogP contribution >= 0.6 is 27.5 Å². The number of nitrogens with two attached hydrogens (primary N) is 1. The number of benzene rings is 2. The molecule has 0 amide bonds. The van der Waals surface area contributed by atoms with Crippen molar-refractivity contribution in [2.75, 3.05) is 5.73 Å². The summed E-state index contributed by atoms with van der Waals surface area (Å²) in [6.45, 7) is 2.11. The number of nitrogens with zero attached hydrogens (tertiary/aromatic N) is 2. The van der Waals surface area contributed by atoms with E-state index in [2.05, 4.69) is 20.9 Å². The quantitative estimate of drug-likeness (QED) is 0.604. The summed E-state index contributed by atoms with van der Waals surface area (Å²) >= 11 is 9.46. The Hall–Kier alpha value is -1.66. The average molecular weight is 401 g/mol. The van der Waals surface area contributed by atoms with Crippen LogP contribution in [0.5, 0.6) is 0 Å². The van der Waals surface area contributed by atoms with Crippen LogP contribution in [-0.2, 0) is 6.54 Å². The number of nitrogen functional groups attached to an aromatic ring is 1. The molecule has 23 heavy (non-hydrogen) atoms. The van der Waals surface area contributed by atoms with Crippen LogP contribution < -0.4 is 5.73 Å². The summed E-state index contributed by atoms with van der Waals surface area (Å²) in [4.78, 5) is 4.08. The number of alkyl halides is 2. The highest BCUT2D eigenvalue weighted by atomic mass is 79.9. The van der Waals surface area contributed by atoms with Gasteiger partial charge in [-0.15, -0.1) is 0 Å². The van der Waals surface area contributed by atoms with Crippen molar-refractivity contribution >= 4 is 44.3 Å². The van der Waals surface area contributed by atoms with E-state index in [9.17, 15) is 8.78 Å². The van der Waals surface area contributed by atoms with Gasteiger partial charge in [0.2, 0.25) is 0 Å². The highest BCUT2D eigenvalue weighted by Gasteiger charge is 2.21. The number of halogens is 4. The average Bonchev–Trinajstić information content (AvgIpc) is 2.83. The molecule has 1 heterocycles. The van der Waals surface area contributed by atoms with Crippen molar-refractivity contribution in [3.05, 3.63) is 56.8 Å². The van der Waals surface area contributed by atoms with E-state index in [1.165, 1.54) is 4.57 Å². The lowest BCUT2D eigenvalue weighted by molar-refractivity contribution is 0.136. The van der Waals surface area contributed by atoms with Crippen LogP contribution in [0.4, 0.5) is 14.5 Å². The second kappa shape index (κ2) is 6.09. The highest BCUT2D eigenvalue weighted by molar-refractivity contribution is 9.10. The number of imidazole rings is 1. The fourth-order valence-corrected chi connectivity index (χ4v) is 3.30. The first-order valence-corrected chi connectivity index (χ1v) is 8.03. The van der Waals surface area contributed by atoms with Crippen LogP contribution in [0.3, 0.4) is 0 Å². The maximum Gasteiger partial charge on any atom is 0.295 e. The molecule has 0 aliphatic heterocycles. The Balaban J connectivity index is 2.22. The molecule has 3 rings (SSSR count). The molecular formula is C16H13BrClF2N3. The van der Waals surface area contributed by atoms with Crippen molar-refractivity contribution in [2.24, 2.45) is 0 Å².